The number of methoxy groups -OCH3 is 1. The Balaban J connectivity index is 2.08. The summed E-state index contributed by atoms with van der Waals surface area (Å²) in [7, 11) is 1.57. The summed E-state index contributed by atoms with van der Waals surface area (Å²) in [4.78, 5) is 27.7. The van der Waals surface area contributed by atoms with Crippen molar-refractivity contribution >= 4 is 23.4 Å². The van der Waals surface area contributed by atoms with Crippen molar-refractivity contribution in [1.29, 1.82) is 0 Å². The van der Waals surface area contributed by atoms with Gasteiger partial charge in [-0.2, -0.15) is 0 Å². The number of rotatable bonds is 5. The van der Waals surface area contributed by atoms with Crippen molar-refractivity contribution in [3.8, 4) is 0 Å². The van der Waals surface area contributed by atoms with Crippen LogP contribution >= 0.6 is 11.6 Å². The lowest BCUT2D eigenvalue weighted by Crippen LogP contribution is -2.58. The Bertz CT molecular complexity index is 535. The molecular weight excluding hydrogens is 292 g/mol. The van der Waals surface area contributed by atoms with Crippen LogP contribution in [0.15, 0.2) is 24.3 Å². The molecule has 114 valence electrons. The largest absolute Gasteiger partial charge is 0.383 e. The number of benzene rings is 1. The minimum atomic E-state index is -0.470. The second kappa shape index (κ2) is 6.91. The van der Waals surface area contributed by atoms with Gasteiger partial charge in [0.05, 0.1) is 13.2 Å². The van der Waals surface area contributed by atoms with E-state index in [0.29, 0.717) is 24.7 Å². The zero-order chi connectivity index (χ0) is 15.4. The topological polar surface area (TPSA) is 49.9 Å². The van der Waals surface area contributed by atoms with Crippen molar-refractivity contribution < 1.29 is 14.3 Å². The van der Waals surface area contributed by atoms with Gasteiger partial charge in [-0.1, -0.05) is 23.7 Å². The van der Waals surface area contributed by atoms with E-state index >= 15 is 0 Å². The lowest BCUT2D eigenvalue weighted by atomic mass is 10.1. The van der Waals surface area contributed by atoms with Crippen LogP contribution in [0.5, 0.6) is 0 Å². The van der Waals surface area contributed by atoms with Gasteiger partial charge < -0.3 is 14.5 Å². The molecule has 21 heavy (non-hydrogen) atoms. The van der Waals surface area contributed by atoms with Gasteiger partial charge in [-0.25, -0.2) is 0 Å². The molecule has 0 spiro atoms. The second-order valence-corrected chi connectivity index (χ2v) is 5.52. The second-order valence-electron chi connectivity index (χ2n) is 5.08. The Morgan fingerprint density at radius 2 is 2.14 bits per heavy atom. The number of amides is 2. The quantitative estimate of drug-likeness (QED) is 0.829. The summed E-state index contributed by atoms with van der Waals surface area (Å²) >= 11 is 5.95. The van der Waals surface area contributed by atoms with E-state index in [1.165, 1.54) is 0 Å². The number of ether oxygens (including phenoxy) is 1. The lowest BCUT2D eigenvalue weighted by molar-refractivity contribution is -0.156. The van der Waals surface area contributed by atoms with Crippen molar-refractivity contribution in [2.24, 2.45) is 0 Å². The Labute approximate surface area is 129 Å². The number of hydrogen-bond donors (Lipinski definition) is 0. The van der Waals surface area contributed by atoms with Gasteiger partial charge in [0, 0.05) is 25.2 Å². The van der Waals surface area contributed by atoms with E-state index < -0.39 is 6.04 Å². The van der Waals surface area contributed by atoms with E-state index in [-0.39, 0.29) is 18.4 Å². The summed E-state index contributed by atoms with van der Waals surface area (Å²) in [5, 5.41) is 0.623. The van der Waals surface area contributed by atoms with Crippen LogP contribution in [0.2, 0.25) is 5.02 Å². The Kier molecular flexibility index (Phi) is 5.20. The maximum absolute atomic E-state index is 12.3. The molecular formula is C15H19ClN2O3. The van der Waals surface area contributed by atoms with Crippen molar-refractivity contribution in [1.82, 2.24) is 9.80 Å². The van der Waals surface area contributed by atoms with Crippen molar-refractivity contribution in [3.05, 3.63) is 34.9 Å². The normalized spacial score (nSPS) is 19.3. The smallest absolute Gasteiger partial charge is 0.245 e. The molecule has 0 radical (unpaired) electrons. The Morgan fingerprint density at radius 3 is 2.81 bits per heavy atom. The Morgan fingerprint density at radius 1 is 1.38 bits per heavy atom. The summed E-state index contributed by atoms with van der Waals surface area (Å²) in [6.07, 6.45) is 0. The van der Waals surface area contributed by atoms with E-state index in [0.717, 1.165) is 5.56 Å². The first kappa shape index (κ1) is 15.8. The van der Waals surface area contributed by atoms with Crippen LogP contribution in [0.25, 0.3) is 0 Å². The summed E-state index contributed by atoms with van der Waals surface area (Å²) in [6, 6.07) is 6.85. The van der Waals surface area contributed by atoms with E-state index in [4.69, 9.17) is 16.3 Å². The molecule has 0 aromatic heterocycles. The molecule has 1 fully saturated rings. The highest BCUT2D eigenvalue weighted by Crippen LogP contribution is 2.18. The molecule has 2 rings (SSSR count). The molecule has 0 aliphatic carbocycles. The molecule has 1 atom stereocenters. The van der Waals surface area contributed by atoms with Crippen molar-refractivity contribution in [2.75, 3.05) is 26.8 Å². The van der Waals surface area contributed by atoms with Gasteiger partial charge in [-0.05, 0) is 24.6 Å². The van der Waals surface area contributed by atoms with E-state index in [1.54, 1.807) is 29.9 Å². The number of piperazine rings is 1. The number of carbonyl (C=O) groups is 2. The van der Waals surface area contributed by atoms with Gasteiger partial charge in [-0.3, -0.25) is 9.59 Å². The van der Waals surface area contributed by atoms with Crippen molar-refractivity contribution in [2.45, 2.75) is 19.5 Å². The summed E-state index contributed by atoms with van der Waals surface area (Å²) in [5.41, 5.74) is 0.917. The first-order valence-corrected chi connectivity index (χ1v) is 7.22. The minimum absolute atomic E-state index is 0.0475. The predicted molar refractivity (Wildman–Crippen MR) is 79.9 cm³/mol. The first-order chi connectivity index (χ1) is 10.0. The fourth-order valence-electron chi connectivity index (χ4n) is 2.39. The number of hydrogen-bond acceptors (Lipinski definition) is 3. The van der Waals surface area contributed by atoms with Crippen LogP contribution in [0.4, 0.5) is 0 Å². The van der Waals surface area contributed by atoms with Crippen molar-refractivity contribution in [3.63, 3.8) is 0 Å². The van der Waals surface area contributed by atoms with E-state index in [2.05, 4.69) is 0 Å². The van der Waals surface area contributed by atoms with Gasteiger partial charge in [-0.15, -0.1) is 0 Å². The molecule has 6 heteroatoms. The zero-order valence-electron chi connectivity index (χ0n) is 12.2. The maximum Gasteiger partial charge on any atom is 0.245 e. The van der Waals surface area contributed by atoms with Crippen LogP contribution in [0, 0.1) is 0 Å². The van der Waals surface area contributed by atoms with Crippen LogP contribution in [0.1, 0.15) is 12.5 Å². The molecule has 0 bridgehead atoms. The summed E-state index contributed by atoms with van der Waals surface area (Å²) in [6.45, 7) is 3.12. The van der Waals surface area contributed by atoms with Crippen LogP contribution in [-0.2, 0) is 20.9 Å². The molecule has 1 aromatic carbocycles. The standard InChI is InChI=1S/C15H19ClN2O3/c1-11-15(20)17(6-7-21-2)10-14(19)18(11)9-12-4-3-5-13(16)8-12/h3-5,8,11H,6-7,9-10H2,1-2H3/t11-/m0/s1. The van der Waals surface area contributed by atoms with E-state index in [1.807, 2.05) is 18.2 Å². The van der Waals surface area contributed by atoms with Gasteiger partial charge in [0.15, 0.2) is 0 Å². The summed E-state index contributed by atoms with van der Waals surface area (Å²) in [5.74, 6) is -0.105. The molecule has 0 saturated carbocycles. The Hall–Kier alpha value is -1.59. The van der Waals surface area contributed by atoms with Gasteiger partial charge >= 0.3 is 0 Å². The molecule has 0 N–H and O–H groups in total. The average Bonchev–Trinajstić information content (AvgIpc) is 2.46. The van der Waals surface area contributed by atoms with Crippen LogP contribution in [-0.4, -0.2) is 54.5 Å². The van der Waals surface area contributed by atoms with Crippen LogP contribution in [0.3, 0.4) is 0 Å². The minimum Gasteiger partial charge on any atom is -0.383 e. The highest BCUT2D eigenvalue weighted by Gasteiger charge is 2.36. The molecule has 1 heterocycles. The highest BCUT2D eigenvalue weighted by atomic mass is 35.5. The maximum atomic E-state index is 12.3. The van der Waals surface area contributed by atoms with Crippen LogP contribution < -0.4 is 0 Å². The monoisotopic (exact) mass is 310 g/mol. The fourth-order valence-corrected chi connectivity index (χ4v) is 2.61. The van der Waals surface area contributed by atoms with Gasteiger partial charge in [0.25, 0.3) is 0 Å². The molecule has 1 aliphatic rings. The number of nitrogens with zero attached hydrogens (tertiary/aromatic N) is 2. The number of carbonyl (C=O) groups excluding carboxylic acids is 2. The third kappa shape index (κ3) is 3.74. The SMILES string of the molecule is COCCN1CC(=O)N(Cc2cccc(Cl)c2)[C@@H](C)C1=O. The molecule has 1 aliphatic heterocycles. The molecule has 2 amide bonds. The molecule has 0 unspecified atom stereocenters. The number of halogens is 1. The third-order valence-electron chi connectivity index (χ3n) is 3.59. The predicted octanol–water partition coefficient (Wildman–Crippen LogP) is 1.55. The fraction of sp³-hybridized carbons (Fsp3) is 0.467. The average molecular weight is 311 g/mol. The van der Waals surface area contributed by atoms with E-state index in [9.17, 15) is 9.59 Å². The molecule has 1 saturated heterocycles. The van der Waals surface area contributed by atoms with Gasteiger partial charge in [0.1, 0.15) is 6.04 Å². The summed E-state index contributed by atoms with van der Waals surface area (Å²) < 4.78 is 4.97. The molecule has 1 aromatic rings. The highest BCUT2D eigenvalue weighted by molar-refractivity contribution is 6.30. The third-order valence-corrected chi connectivity index (χ3v) is 3.83. The lowest BCUT2D eigenvalue weighted by Gasteiger charge is -2.38. The molecule has 5 nitrogen and oxygen atoms in total. The zero-order valence-corrected chi connectivity index (χ0v) is 13.0. The first-order valence-electron chi connectivity index (χ1n) is 6.84. The van der Waals surface area contributed by atoms with Gasteiger partial charge in [0.2, 0.25) is 11.8 Å².